The summed E-state index contributed by atoms with van der Waals surface area (Å²) in [4.78, 5) is 0. The molecule has 0 radical (unpaired) electrons. The third-order valence-corrected chi connectivity index (χ3v) is 3.94. The highest BCUT2D eigenvalue weighted by atomic mass is 79.9. The van der Waals surface area contributed by atoms with E-state index in [-0.39, 0.29) is 0 Å². The second-order valence-electron chi connectivity index (χ2n) is 4.52. The van der Waals surface area contributed by atoms with E-state index in [1.165, 1.54) is 12.8 Å². The van der Waals surface area contributed by atoms with E-state index in [1.54, 1.807) is 7.11 Å². The number of aromatic hydroxyl groups is 1. The van der Waals surface area contributed by atoms with Crippen LogP contribution in [0, 0.1) is 6.92 Å². The Bertz CT molecular complexity index is 414. The highest BCUT2D eigenvalue weighted by Gasteiger charge is 2.19. The second kappa shape index (κ2) is 5.27. The predicted octanol–water partition coefficient (Wildman–Crippen LogP) is 2.77. The van der Waals surface area contributed by atoms with Crippen LogP contribution in [0.5, 0.6) is 11.5 Å². The van der Waals surface area contributed by atoms with E-state index >= 15 is 0 Å². The molecule has 1 fully saturated rings. The van der Waals surface area contributed by atoms with E-state index in [4.69, 9.17) is 4.74 Å². The van der Waals surface area contributed by atoms with Gasteiger partial charge in [0.15, 0.2) is 0 Å². The Balaban J connectivity index is 2.28. The van der Waals surface area contributed by atoms with Gasteiger partial charge in [0, 0.05) is 11.6 Å². The standard InChI is InChI=1S/C13H18BrNO2/c1-8-12(16)9(6-10-4-3-5-15-10)7-11(14)13(8)17-2/h7,10,15-16H,3-6H2,1-2H3. The molecule has 94 valence electrons. The first-order valence-corrected chi connectivity index (χ1v) is 6.71. The topological polar surface area (TPSA) is 41.5 Å². The zero-order valence-corrected chi connectivity index (χ0v) is 11.8. The van der Waals surface area contributed by atoms with Crippen molar-refractivity contribution in [3.05, 3.63) is 21.7 Å². The summed E-state index contributed by atoms with van der Waals surface area (Å²) in [6.07, 6.45) is 3.28. The molecule has 1 aromatic carbocycles. The normalized spacial score (nSPS) is 19.6. The number of hydrogen-bond donors (Lipinski definition) is 2. The van der Waals surface area contributed by atoms with Crippen LogP contribution in [0.25, 0.3) is 0 Å². The van der Waals surface area contributed by atoms with Crippen molar-refractivity contribution in [2.45, 2.75) is 32.2 Å². The lowest BCUT2D eigenvalue weighted by Gasteiger charge is -2.16. The number of nitrogens with one attached hydrogen (secondary N) is 1. The zero-order chi connectivity index (χ0) is 12.4. The molecule has 1 atom stereocenters. The van der Waals surface area contributed by atoms with Crippen LogP contribution in [-0.2, 0) is 6.42 Å². The van der Waals surface area contributed by atoms with E-state index in [0.29, 0.717) is 17.5 Å². The van der Waals surface area contributed by atoms with Gasteiger partial charge >= 0.3 is 0 Å². The number of benzene rings is 1. The molecule has 4 heteroatoms. The third kappa shape index (κ3) is 2.58. The fraction of sp³-hybridized carbons (Fsp3) is 0.538. The van der Waals surface area contributed by atoms with Gasteiger partial charge in [-0.15, -0.1) is 0 Å². The van der Waals surface area contributed by atoms with Gasteiger partial charge in [0.1, 0.15) is 11.5 Å². The van der Waals surface area contributed by atoms with Crippen LogP contribution in [0.3, 0.4) is 0 Å². The molecule has 0 amide bonds. The molecule has 0 aromatic heterocycles. The summed E-state index contributed by atoms with van der Waals surface area (Å²) in [7, 11) is 1.62. The minimum Gasteiger partial charge on any atom is -0.507 e. The van der Waals surface area contributed by atoms with Gasteiger partial charge in [-0.3, -0.25) is 0 Å². The Hall–Kier alpha value is -0.740. The van der Waals surface area contributed by atoms with Crippen molar-refractivity contribution in [2.75, 3.05) is 13.7 Å². The molecule has 1 heterocycles. The fourth-order valence-corrected chi connectivity index (χ4v) is 3.15. The predicted molar refractivity (Wildman–Crippen MR) is 71.8 cm³/mol. The molecular weight excluding hydrogens is 282 g/mol. The van der Waals surface area contributed by atoms with Crippen molar-refractivity contribution < 1.29 is 9.84 Å². The molecule has 2 rings (SSSR count). The van der Waals surface area contributed by atoms with Gasteiger partial charge in [-0.2, -0.15) is 0 Å². The third-order valence-electron chi connectivity index (χ3n) is 3.35. The first kappa shape index (κ1) is 12.7. The van der Waals surface area contributed by atoms with Crippen molar-refractivity contribution in [1.29, 1.82) is 0 Å². The second-order valence-corrected chi connectivity index (χ2v) is 5.38. The minimum atomic E-state index is 0.360. The maximum Gasteiger partial charge on any atom is 0.139 e. The average molecular weight is 300 g/mol. The van der Waals surface area contributed by atoms with Crippen LogP contribution < -0.4 is 10.1 Å². The molecule has 0 spiro atoms. The Labute approximate surface area is 110 Å². The minimum absolute atomic E-state index is 0.360. The first-order valence-electron chi connectivity index (χ1n) is 5.91. The molecule has 0 saturated carbocycles. The maximum absolute atomic E-state index is 10.2. The molecule has 2 N–H and O–H groups in total. The molecule has 1 aliphatic heterocycles. The van der Waals surface area contributed by atoms with Crippen LogP contribution in [0.1, 0.15) is 24.0 Å². The largest absolute Gasteiger partial charge is 0.507 e. The van der Waals surface area contributed by atoms with Gasteiger partial charge in [0.05, 0.1) is 11.6 Å². The molecule has 1 unspecified atom stereocenters. The number of phenols is 1. The highest BCUT2D eigenvalue weighted by molar-refractivity contribution is 9.10. The van der Waals surface area contributed by atoms with Gasteiger partial charge in [-0.25, -0.2) is 0 Å². The summed E-state index contributed by atoms with van der Waals surface area (Å²) in [5.41, 5.74) is 1.78. The van der Waals surface area contributed by atoms with Gasteiger partial charge in [-0.1, -0.05) is 0 Å². The van der Waals surface area contributed by atoms with E-state index in [9.17, 15) is 5.11 Å². The summed E-state index contributed by atoms with van der Waals surface area (Å²) in [6.45, 7) is 2.96. The number of rotatable bonds is 3. The van der Waals surface area contributed by atoms with Crippen molar-refractivity contribution in [3.63, 3.8) is 0 Å². The molecule has 0 aliphatic carbocycles. The summed E-state index contributed by atoms with van der Waals surface area (Å²) in [5.74, 6) is 1.07. The number of ether oxygens (including phenoxy) is 1. The molecule has 17 heavy (non-hydrogen) atoms. The molecule has 3 nitrogen and oxygen atoms in total. The van der Waals surface area contributed by atoms with Crippen LogP contribution >= 0.6 is 15.9 Å². The van der Waals surface area contributed by atoms with Crippen molar-refractivity contribution in [2.24, 2.45) is 0 Å². The first-order chi connectivity index (χ1) is 8.13. The monoisotopic (exact) mass is 299 g/mol. The van der Waals surface area contributed by atoms with Gasteiger partial charge in [0.2, 0.25) is 0 Å². The SMILES string of the molecule is COc1c(Br)cc(CC2CCCN2)c(O)c1C. The Morgan fingerprint density at radius 1 is 1.59 bits per heavy atom. The summed E-state index contributed by atoms with van der Waals surface area (Å²) in [5, 5.41) is 13.6. The quantitative estimate of drug-likeness (QED) is 0.902. The fourth-order valence-electron chi connectivity index (χ4n) is 2.42. The number of halogens is 1. The lowest BCUT2D eigenvalue weighted by Crippen LogP contribution is -2.23. The van der Waals surface area contributed by atoms with Gasteiger partial charge in [0.25, 0.3) is 0 Å². The highest BCUT2D eigenvalue weighted by Crippen LogP contribution is 2.38. The van der Waals surface area contributed by atoms with Crippen molar-refractivity contribution in [3.8, 4) is 11.5 Å². The van der Waals surface area contributed by atoms with Crippen LogP contribution in [-0.4, -0.2) is 24.8 Å². The maximum atomic E-state index is 10.2. The smallest absolute Gasteiger partial charge is 0.139 e. The van der Waals surface area contributed by atoms with Crippen LogP contribution in [0.2, 0.25) is 0 Å². The Kier molecular flexibility index (Phi) is 3.94. The molecular formula is C13H18BrNO2. The van der Waals surface area contributed by atoms with Crippen LogP contribution in [0.4, 0.5) is 0 Å². The van der Waals surface area contributed by atoms with E-state index < -0.39 is 0 Å². The molecule has 1 saturated heterocycles. The summed E-state index contributed by atoms with van der Waals surface area (Å²) in [6, 6.07) is 2.45. The number of methoxy groups -OCH3 is 1. The Morgan fingerprint density at radius 2 is 2.35 bits per heavy atom. The lowest BCUT2D eigenvalue weighted by molar-refractivity contribution is 0.398. The van der Waals surface area contributed by atoms with Crippen molar-refractivity contribution in [1.82, 2.24) is 5.32 Å². The lowest BCUT2D eigenvalue weighted by atomic mass is 10.0. The number of hydrogen-bond acceptors (Lipinski definition) is 3. The average Bonchev–Trinajstić information content (AvgIpc) is 2.79. The van der Waals surface area contributed by atoms with Gasteiger partial charge in [-0.05, 0) is 60.3 Å². The van der Waals surface area contributed by atoms with E-state index in [1.807, 2.05) is 13.0 Å². The zero-order valence-electron chi connectivity index (χ0n) is 10.2. The molecule has 1 aliphatic rings. The van der Waals surface area contributed by atoms with E-state index in [0.717, 1.165) is 28.6 Å². The van der Waals surface area contributed by atoms with Crippen molar-refractivity contribution >= 4 is 15.9 Å². The summed E-state index contributed by atoms with van der Waals surface area (Å²) < 4.78 is 6.16. The summed E-state index contributed by atoms with van der Waals surface area (Å²) >= 11 is 3.49. The number of phenolic OH excluding ortho intramolecular Hbond substituents is 1. The Morgan fingerprint density at radius 3 is 2.94 bits per heavy atom. The molecule has 1 aromatic rings. The van der Waals surface area contributed by atoms with Crippen LogP contribution in [0.15, 0.2) is 10.5 Å². The van der Waals surface area contributed by atoms with Gasteiger partial charge < -0.3 is 15.2 Å². The molecule has 0 bridgehead atoms. The van der Waals surface area contributed by atoms with E-state index in [2.05, 4.69) is 21.2 Å².